The monoisotopic (exact) mass is 1220 g/mol. The molecule has 2 aromatic carbocycles. The van der Waals surface area contributed by atoms with Crippen LogP contribution in [0.25, 0.3) is 0 Å². The minimum atomic E-state index is -0.522. The second kappa shape index (κ2) is 66.6. The number of allylic oxidation sites excluding steroid dienone is 2. The lowest BCUT2D eigenvalue weighted by atomic mass is 10.1. The summed E-state index contributed by atoms with van der Waals surface area (Å²) in [5.41, 5.74) is 2.26. The van der Waals surface area contributed by atoms with Gasteiger partial charge >= 0.3 is 0 Å². The Morgan fingerprint density at radius 3 is 0.782 bits per heavy atom. The summed E-state index contributed by atoms with van der Waals surface area (Å²) < 4.78 is 45.0. The van der Waals surface area contributed by atoms with E-state index in [4.69, 9.17) is 33.2 Å². The van der Waals surface area contributed by atoms with E-state index >= 15 is 0 Å². The van der Waals surface area contributed by atoms with Crippen LogP contribution in [0.2, 0.25) is 0 Å². The molecule has 2 aromatic rings. The molecule has 7 nitrogen and oxygen atoms in total. The molecule has 0 fully saturated rings. The van der Waals surface area contributed by atoms with Crippen LogP contribution in [-0.4, -0.2) is 51.6 Å². The summed E-state index contributed by atoms with van der Waals surface area (Å²) in [7, 11) is 0. The fourth-order valence-corrected chi connectivity index (χ4v) is 11.5. The molecule has 0 aromatic heterocycles. The van der Waals surface area contributed by atoms with E-state index in [0.717, 1.165) is 88.9 Å². The Bertz CT molecular complexity index is 1500. The first-order chi connectivity index (χ1) is 43.2. The van der Waals surface area contributed by atoms with Crippen LogP contribution in [0.4, 0.5) is 0 Å². The van der Waals surface area contributed by atoms with E-state index in [1.165, 1.54) is 270 Å². The molecular formula is C80H142O7. The lowest BCUT2D eigenvalue weighted by Crippen LogP contribution is -2.24. The van der Waals surface area contributed by atoms with Crippen LogP contribution in [-0.2, 0) is 46.4 Å². The molecule has 0 N–H and O–H groups in total. The normalized spacial score (nSPS) is 12.8. The summed E-state index contributed by atoms with van der Waals surface area (Å²) in [5, 5.41) is 0. The minimum absolute atomic E-state index is 0.0344. The zero-order valence-electron chi connectivity index (χ0n) is 57.8. The van der Waals surface area contributed by atoms with E-state index in [2.05, 4.69) is 113 Å². The second-order valence-corrected chi connectivity index (χ2v) is 25.7. The quantitative estimate of drug-likeness (QED) is 0.0371. The van der Waals surface area contributed by atoms with Gasteiger partial charge in [0.25, 0.3) is 0 Å². The summed E-state index contributed by atoms with van der Waals surface area (Å²) in [4.78, 5) is 0. The van der Waals surface area contributed by atoms with E-state index in [1.807, 2.05) is 0 Å². The predicted molar refractivity (Wildman–Crippen MR) is 374 cm³/mol. The average molecular weight is 1220 g/mol. The van der Waals surface area contributed by atoms with Gasteiger partial charge < -0.3 is 33.2 Å². The molecule has 0 heterocycles. The summed E-state index contributed by atoms with van der Waals surface area (Å²) in [6, 6.07) is 20.8. The van der Waals surface area contributed by atoms with Gasteiger partial charge in [-0.3, -0.25) is 0 Å². The third-order valence-electron chi connectivity index (χ3n) is 17.2. The van der Waals surface area contributed by atoms with Crippen LogP contribution in [0.15, 0.2) is 85.0 Å². The summed E-state index contributed by atoms with van der Waals surface area (Å²) >= 11 is 0. The molecule has 0 saturated carbocycles. The SMILES string of the molecule is CCCCCCCCCCOC(CCCCCCCCCC=CC(OCc1ccccc1)OC(C=CCCCCCCCCCC(OCCCCCCCCCC)OCCCCCCCCCC)OCc1ccccc1)OCCCCCCCCCC. The van der Waals surface area contributed by atoms with Gasteiger partial charge in [0, 0.05) is 26.4 Å². The zero-order valence-corrected chi connectivity index (χ0v) is 57.8. The molecule has 2 unspecified atom stereocenters. The third-order valence-corrected chi connectivity index (χ3v) is 17.2. The van der Waals surface area contributed by atoms with Crippen molar-refractivity contribution in [3.8, 4) is 0 Å². The van der Waals surface area contributed by atoms with Crippen LogP contribution >= 0.6 is 0 Å². The van der Waals surface area contributed by atoms with Gasteiger partial charge in [0.2, 0.25) is 0 Å². The summed E-state index contributed by atoms with van der Waals surface area (Å²) in [6.07, 6.45) is 71.6. The van der Waals surface area contributed by atoms with Gasteiger partial charge in [-0.05, 0) is 100 Å². The molecule has 87 heavy (non-hydrogen) atoms. The Morgan fingerprint density at radius 1 is 0.264 bits per heavy atom. The Balaban J connectivity index is 1.79. The van der Waals surface area contributed by atoms with E-state index in [1.54, 1.807) is 0 Å². The van der Waals surface area contributed by atoms with Crippen LogP contribution < -0.4 is 0 Å². The number of rotatable bonds is 70. The molecule has 2 atom stereocenters. The number of hydrogen-bond acceptors (Lipinski definition) is 7. The largest absolute Gasteiger partial charge is 0.353 e. The molecule has 0 amide bonds. The standard InChI is InChI=1S/C80H142O7/c1-5-9-13-17-21-35-43-57-69-81-77(82-70-58-44-36-22-18-14-10-6-2)65-53-39-31-27-25-29-33-41-55-67-79(85-73-75-61-49-47-50-62-75)87-80(86-74-76-63-51-48-52-64-76)68-56-42-34-30-26-28-32-40-54-66-78(83-71-59-45-37-23-19-15-11-7-3)84-72-60-46-38-24-20-16-12-8-4/h47-52,55-56,61-64,67-68,77-80H,5-46,53-54,57-60,65-66,69-74H2,1-4H3. The lowest BCUT2D eigenvalue weighted by Gasteiger charge is -2.22. The topological polar surface area (TPSA) is 64.6 Å². The van der Waals surface area contributed by atoms with Crippen LogP contribution in [0.3, 0.4) is 0 Å². The number of ether oxygens (including phenoxy) is 7. The van der Waals surface area contributed by atoms with Gasteiger partial charge in [-0.1, -0.05) is 345 Å². The Kier molecular flexibility index (Phi) is 61.8. The third kappa shape index (κ3) is 56.2. The number of benzene rings is 2. The predicted octanol–water partition coefficient (Wildman–Crippen LogP) is 25.5. The van der Waals surface area contributed by atoms with Crippen molar-refractivity contribution in [2.24, 2.45) is 0 Å². The van der Waals surface area contributed by atoms with Crippen molar-refractivity contribution in [3.05, 3.63) is 96.1 Å². The first kappa shape index (κ1) is 80.7. The lowest BCUT2D eigenvalue weighted by molar-refractivity contribution is -0.215. The Labute approximate surface area is 540 Å². The fraction of sp³-hybridized carbons (Fsp3) is 0.800. The highest BCUT2D eigenvalue weighted by atomic mass is 16.8. The summed E-state index contributed by atoms with van der Waals surface area (Å²) in [5.74, 6) is 0. The van der Waals surface area contributed by atoms with Crippen molar-refractivity contribution in [2.75, 3.05) is 26.4 Å². The van der Waals surface area contributed by atoms with E-state index in [-0.39, 0.29) is 12.6 Å². The van der Waals surface area contributed by atoms with Crippen molar-refractivity contribution in [1.82, 2.24) is 0 Å². The molecule has 2 rings (SSSR count). The highest BCUT2D eigenvalue weighted by molar-refractivity contribution is 5.14. The van der Waals surface area contributed by atoms with Gasteiger partial charge in [-0.15, -0.1) is 0 Å². The van der Waals surface area contributed by atoms with Crippen molar-refractivity contribution in [3.63, 3.8) is 0 Å². The molecule has 0 spiro atoms. The first-order valence-electron chi connectivity index (χ1n) is 37.9. The van der Waals surface area contributed by atoms with E-state index in [0.29, 0.717) is 13.2 Å². The first-order valence-corrected chi connectivity index (χ1v) is 37.9. The smallest absolute Gasteiger partial charge is 0.180 e. The Hall–Kier alpha value is -2.36. The fourth-order valence-electron chi connectivity index (χ4n) is 11.5. The molecule has 0 saturated heterocycles. The van der Waals surface area contributed by atoms with Gasteiger partial charge in [-0.2, -0.15) is 0 Å². The Morgan fingerprint density at radius 2 is 0.506 bits per heavy atom. The van der Waals surface area contributed by atoms with Gasteiger partial charge in [0.1, 0.15) is 0 Å². The minimum Gasteiger partial charge on any atom is -0.353 e. The van der Waals surface area contributed by atoms with Gasteiger partial charge in [-0.25, -0.2) is 0 Å². The molecule has 0 bridgehead atoms. The molecule has 0 aliphatic carbocycles. The van der Waals surface area contributed by atoms with Gasteiger partial charge in [0.15, 0.2) is 25.2 Å². The van der Waals surface area contributed by atoms with Crippen LogP contribution in [0, 0.1) is 0 Å². The summed E-state index contributed by atoms with van der Waals surface area (Å²) in [6.45, 7) is 13.5. The highest BCUT2D eigenvalue weighted by Crippen LogP contribution is 2.20. The molecule has 0 radical (unpaired) electrons. The molecule has 504 valence electrons. The molecule has 7 heteroatoms. The number of unbranched alkanes of at least 4 members (excludes halogenated alkanes) is 42. The molecule has 0 aliphatic rings. The maximum Gasteiger partial charge on any atom is 0.180 e. The van der Waals surface area contributed by atoms with E-state index in [9.17, 15) is 0 Å². The van der Waals surface area contributed by atoms with Gasteiger partial charge in [0.05, 0.1) is 13.2 Å². The van der Waals surface area contributed by atoms with Crippen LogP contribution in [0.5, 0.6) is 0 Å². The van der Waals surface area contributed by atoms with Crippen molar-refractivity contribution in [1.29, 1.82) is 0 Å². The molecule has 0 aliphatic heterocycles. The number of hydrogen-bond donors (Lipinski definition) is 0. The average Bonchev–Trinajstić information content (AvgIpc) is 3.65. The second-order valence-electron chi connectivity index (χ2n) is 25.7. The van der Waals surface area contributed by atoms with Crippen LogP contribution in [0.1, 0.15) is 360 Å². The van der Waals surface area contributed by atoms with Crippen molar-refractivity contribution < 1.29 is 33.2 Å². The molecular weight excluding hydrogens is 1070 g/mol. The van der Waals surface area contributed by atoms with Crippen molar-refractivity contribution >= 4 is 0 Å². The maximum absolute atomic E-state index is 6.65. The highest BCUT2D eigenvalue weighted by Gasteiger charge is 2.16. The maximum atomic E-state index is 6.65. The zero-order chi connectivity index (χ0) is 61.9. The van der Waals surface area contributed by atoms with E-state index < -0.39 is 12.6 Å². The van der Waals surface area contributed by atoms with Crippen molar-refractivity contribution in [2.45, 2.75) is 387 Å².